The van der Waals surface area contributed by atoms with E-state index in [0.29, 0.717) is 5.01 Å². The van der Waals surface area contributed by atoms with Crippen LogP contribution < -0.4 is 5.32 Å². The molecule has 0 aromatic rings. The van der Waals surface area contributed by atoms with Crippen LogP contribution in [0.15, 0.2) is 5.29 Å². The van der Waals surface area contributed by atoms with Crippen molar-refractivity contribution >= 4 is 6.03 Å². The molecule has 1 fully saturated rings. The molecule has 1 aliphatic rings. The van der Waals surface area contributed by atoms with Crippen LogP contribution in [-0.2, 0) is 4.74 Å². The number of ether oxygens (including phenoxy) is 1. The third-order valence-electron chi connectivity index (χ3n) is 2.61. The number of aliphatic hydroxyl groups excluding tert-OH is 4. The summed E-state index contributed by atoms with van der Waals surface area (Å²) in [7, 11) is 1.07. The average Bonchev–Trinajstić information content (AvgIpc) is 2.37. The Balaban J connectivity index is 2.71. The van der Waals surface area contributed by atoms with Gasteiger partial charge in [0.1, 0.15) is 24.4 Å². The molecule has 1 aliphatic heterocycles. The van der Waals surface area contributed by atoms with Gasteiger partial charge in [-0.05, 0) is 0 Å². The van der Waals surface area contributed by atoms with Crippen LogP contribution >= 0.6 is 0 Å². The molecule has 0 aromatic heterocycles. The van der Waals surface area contributed by atoms with Crippen LogP contribution in [0, 0.1) is 4.91 Å². The van der Waals surface area contributed by atoms with E-state index in [-0.39, 0.29) is 0 Å². The molecule has 5 atom stereocenters. The molecule has 10 nitrogen and oxygen atoms in total. The summed E-state index contributed by atoms with van der Waals surface area (Å²) in [5.41, 5.74) is 0. The number of amides is 2. The lowest BCUT2D eigenvalue weighted by molar-refractivity contribution is -0.252. The van der Waals surface area contributed by atoms with Crippen LogP contribution in [-0.4, -0.2) is 75.8 Å². The highest BCUT2D eigenvalue weighted by atomic mass is 16.6. The quantitative estimate of drug-likeness (QED) is 0.271. The number of carbonyl (C=O) groups is 1. The first-order chi connectivity index (χ1) is 8.42. The fraction of sp³-hybridized carbons (Fsp3) is 0.875. The van der Waals surface area contributed by atoms with Gasteiger partial charge in [0, 0.05) is 7.05 Å². The Morgan fingerprint density at radius 2 is 2.00 bits per heavy atom. The fourth-order valence-electron chi connectivity index (χ4n) is 1.53. The van der Waals surface area contributed by atoms with Crippen molar-refractivity contribution in [3.05, 3.63) is 4.91 Å². The lowest BCUT2D eigenvalue weighted by atomic mass is 9.97. The van der Waals surface area contributed by atoms with Gasteiger partial charge in [-0.3, -0.25) is 0 Å². The maximum absolute atomic E-state index is 11.3. The fourth-order valence-corrected chi connectivity index (χ4v) is 1.53. The van der Waals surface area contributed by atoms with E-state index in [4.69, 9.17) is 9.84 Å². The van der Waals surface area contributed by atoms with Crippen LogP contribution in [0.4, 0.5) is 4.79 Å². The standard InChI is InChI=1S/C8H15N3O7/c1-11(10-17)8(16)9-4-6(14)5(13)3(2-12)18-7(4)15/h3-7,12-15H,2H2,1H3,(H,9,16)/t3?,4-,5+,6?,7+/m0/s1. The molecule has 2 unspecified atom stereocenters. The number of aliphatic hydroxyl groups is 4. The van der Waals surface area contributed by atoms with Crippen LogP contribution in [0.25, 0.3) is 0 Å². The highest BCUT2D eigenvalue weighted by Crippen LogP contribution is 2.19. The molecule has 0 saturated carbocycles. The summed E-state index contributed by atoms with van der Waals surface area (Å²) >= 11 is 0. The highest BCUT2D eigenvalue weighted by Gasteiger charge is 2.44. The van der Waals surface area contributed by atoms with E-state index in [1.54, 1.807) is 0 Å². The summed E-state index contributed by atoms with van der Waals surface area (Å²) in [6.07, 6.45) is -5.84. The maximum Gasteiger partial charge on any atom is 0.340 e. The lowest BCUT2D eigenvalue weighted by Gasteiger charge is -2.40. The summed E-state index contributed by atoms with van der Waals surface area (Å²) in [5, 5.41) is 42.4. The van der Waals surface area contributed by atoms with Gasteiger partial charge in [0.25, 0.3) is 0 Å². The van der Waals surface area contributed by atoms with Gasteiger partial charge in [-0.1, -0.05) is 0 Å². The van der Waals surface area contributed by atoms with E-state index in [0.717, 1.165) is 7.05 Å². The van der Waals surface area contributed by atoms with Crippen molar-refractivity contribution in [3.63, 3.8) is 0 Å². The van der Waals surface area contributed by atoms with Gasteiger partial charge in [-0.2, -0.15) is 5.01 Å². The van der Waals surface area contributed by atoms with Crippen LogP contribution in [0.3, 0.4) is 0 Å². The number of urea groups is 1. The number of nitrogens with one attached hydrogen (secondary N) is 1. The summed E-state index contributed by atoms with van der Waals surface area (Å²) < 4.78 is 4.80. The molecule has 104 valence electrons. The molecule has 2 amide bonds. The zero-order valence-corrected chi connectivity index (χ0v) is 9.50. The van der Waals surface area contributed by atoms with E-state index >= 15 is 0 Å². The molecule has 0 aromatic carbocycles. The normalized spacial score (nSPS) is 35.9. The van der Waals surface area contributed by atoms with Crippen LogP contribution in [0.1, 0.15) is 0 Å². The molecule has 5 N–H and O–H groups in total. The Morgan fingerprint density at radius 3 is 2.50 bits per heavy atom. The Kier molecular flexibility index (Phi) is 4.93. The van der Waals surface area contributed by atoms with Gasteiger partial charge in [-0.15, -0.1) is 4.91 Å². The molecule has 1 heterocycles. The van der Waals surface area contributed by atoms with Crippen molar-refractivity contribution in [1.29, 1.82) is 0 Å². The monoisotopic (exact) mass is 265 g/mol. The summed E-state index contributed by atoms with van der Waals surface area (Å²) in [4.78, 5) is 21.4. The number of hydrogen-bond acceptors (Lipinski definition) is 8. The third-order valence-corrected chi connectivity index (χ3v) is 2.61. The first kappa shape index (κ1) is 14.7. The van der Waals surface area contributed by atoms with E-state index in [2.05, 4.69) is 10.6 Å². The average molecular weight is 265 g/mol. The highest BCUT2D eigenvalue weighted by molar-refractivity contribution is 5.73. The second kappa shape index (κ2) is 6.02. The molecule has 0 spiro atoms. The Morgan fingerprint density at radius 1 is 1.39 bits per heavy atom. The zero-order chi connectivity index (χ0) is 13.9. The molecule has 1 rings (SSSR count). The first-order valence-electron chi connectivity index (χ1n) is 5.10. The van der Waals surface area contributed by atoms with E-state index in [9.17, 15) is 25.0 Å². The second-order valence-corrected chi connectivity index (χ2v) is 3.81. The van der Waals surface area contributed by atoms with Crippen LogP contribution in [0.5, 0.6) is 0 Å². The van der Waals surface area contributed by atoms with Crippen molar-refractivity contribution in [2.75, 3.05) is 13.7 Å². The Hall–Kier alpha value is -1.33. The minimum Gasteiger partial charge on any atom is -0.394 e. The van der Waals surface area contributed by atoms with E-state index < -0.39 is 43.3 Å². The van der Waals surface area contributed by atoms with E-state index in [1.807, 2.05) is 0 Å². The number of carbonyl (C=O) groups excluding carboxylic acids is 1. The predicted molar refractivity (Wildman–Crippen MR) is 55.9 cm³/mol. The van der Waals surface area contributed by atoms with Gasteiger partial charge in [0.2, 0.25) is 0 Å². The molecule has 1 saturated heterocycles. The van der Waals surface area contributed by atoms with Crippen LogP contribution in [0.2, 0.25) is 0 Å². The van der Waals surface area contributed by atoms with Gasteiger partial charge in [0.05, 0.1) is 11.9 Å². The number of rotatable bonds is 3. The maximum atomic E-state index is 11.3. The molecular formula is C8H15N3O7. The minimum atomic E-state index is -1.63. The largest absolute Gasteiger partial charge is 0.394 e. The van der Waals surface area contributed by atoms with Crippen molar-refractivity contribution in [1.82, 2.24) is 10.3 Å². The second-order valence-electron chi connectivity index (χ2n) is 3.81. The van der Waals surface area contributed by atoms with Crippen molar-refractivity contribution in [2.45, 2.75) is 30.6 Å². The molecule has 0 aliphatic carbocycles. The Bertz CT molecular complexity index is 315. The number of nitrogens with zero attached hydrogens (tertiary/aromatic N) is 2. The van der Waals surface area contributed by atoms with Gasteiger partial charge >= 0.3 is 6.03 Å². The van der Waals surface area contributed by atoms with Crippen molar-refractivity contribution in [2.24, 2.45) is 5.29 Å². The lowest BCUT2D eigenvalue weighted by Crippen LogP contribution is -2.64. The SMILES string of the molecule is CN(N=O)C(=O)N[C@H]1C(O)[C@H](O)C(CO)O[C@H]1O. The van der Waals surface area contributed by atoms with Gasteiger partial charge < -0.3 is 30.5 Å². The van der Waals surface area contributed by atoms with E-state index in [1.165, 1.54) is 0 Å². The number of nitroso groups, excluding NO2 is 1. The Labute approximate surface area is 102 Å². The minimum absolute atomic E-state index is 0.407. The summed E-state index contributed by atoms with van der Waals surface area (Å²) in [6.45, 7) is -0.605. The topological polar surface area (TPSA) is 152 Å². The molecule has 0 bridgehead atoms. The van der Waals surface area contributed by atoms with Crippen molar-refractivity contribution in [3.8, 4) is 0 Å². The first-order valence-corrected chi connectivity index (χ1v) is 5.10. The van der Waals surface area contributed by atoms with Gasteiger partial charge in [0.15, 0.2) is 6.29 Å². The zero-order valence-electron chi connectivity index (χ0n) is 9.50. The predicted octanol–water partition coefficient (Wildman–Crippen LogP) is -2.89. The smallest absolute Gasteiger partial charge is 0.340 e. The molecule has 10 heteroatoms. The molecule has 18 heavy (non-hydrogen) atoms. The van der Waals surface area contributed by atoms with Gasteiger partial charge in [-0.25, -0.2) is 4.79 Å². The summed E-state index contributed by atoms with van der Waals surface area (Å²) in [5.74, 6) is 0. The third kappa shape index (κ3) is 2.91. The molecular weight excluding hydrogens is 250 g/mol. The van der Waals surface area contributed by atoms with Crippen molar-refractivity contribution < 1.29 is 30.0 Å². The molecule has 0 radical (unpaired) electrons. The summed E-state index contributed by atoms with van der Waals surface area (Å²) in [6, 6.07) is -2.33. The number of hydrogen-bond donors (Lipinski definition) is 5.